The van der Waals surface area contributed by atoms with E-state index in [4.69, 9.17) is 4.98 Å². The summed E-state index contributed by atoms with van der Waals surface area (Å²) in [6, 6.07) is 21.3. The number of para-hydroxylation sites is 2. The molecule has 0 spiro atoms. The SMILES string of the molecule is CC(=O)CCCC(=O)Nc1cc(CO)cc(Nc2c3ccccc3nc3ccccc23)c1. The molecule has 3 N–H and O–H groups in total. The molecule has 1 aromatic heterocycles. The number of carbonyl (C=O) groups excluding carboxylic acids is 2. The molecule has 0 saturated carbocycles. The van der Waals surface area contributed by atoms with E-state index in [1.807, 2.05) is 60.7 Å². The maximum atomic E-state index is 12.3. The Morgan fingerprint density at radius 2 is 1.50 bits per heavy atom. The van der Waals surface area contributed by atoms with Crippen LogP contribution in [0.15, 0.2) is 66.7 Å². The number of Topliss-reactive ketones (excluding diaryl/α,β-unsaturated/α-hetero) is 1. The zero-order valence-corrected chi connectivity index (χ0v) is 17.9. The number of aliphatic hydroxyl groups is 1. The summed E-state index contributed by atoms with van der Waals surface area (Å²) in [5.41, 5.74) is 4.69. The third-order valence-corrected chi connectivity index (χ3v) is 5.25. The molecule has 1 amide bonds. The lowest BCUT2D eigenvalue weighted by atomic mass is 10.1. The molecular formula is C26H25N3O3. The lowest BCUT2D eigenvalue weighted by Gasteiger charge is -2.15. The summed E-state index contributed by atoms with van der Waals surface area (Å²) in [7, 11) is 0. The Morgan fingerprint density at radius 1 is 0.875 bits per heavy atom. The maximum Gasteiger partial charge on any atom is 0.224 e. The number of anilines is 3. The van der Waals surface area contributed by atoms with Crippen molar-refractivity contribution in [2.75, 3.05) is 10.6 Å². The molecule has 0 atom stereocenters. The number of fused-ring (bicyclic) bond motifs is 2. The number of benzene rings is 3. The molecule has 4 rings (SSSR count). The number of aliphatic hydroxyl groups excluding tert-OH is 1. The molecule has 0 aliphatic carbocycles. The van der Waals surface area contributed by atoms with Crippen LogP contribution in [0.5, 0.6) is 0 Å². The lowest BCUT2D eigenvalue weighted by Crippen LogP contribution is -2.12. The van der Waals surface area contributed by atoms with E-state index >= 15 is 0 Å². The average Bonchev–Trinajstić information content (AvgIpc) is 2.78. The number of carbonyl (C=O) groups is 2. The second kappa shape index (κ2) is 9.58. The molecule has 0 aliphatic rings. The van der Waals surface area contributed by atoms with E-state index in [9.17, 15) is 14.7 Å². The average molecular weight is 428 g/mol. The predicted molar refractivity (Wildman–Crippen MR) is 128 cm³/mol. The molecule has 0 saturated heterocycles. The number of rotatable bonds is 8. The molecule has 0 bridgehead atoms. The van der Waals surface area contributed by atoms with Crippen LogP contribution in [0.3, 0.4) is 0 Å². The van der Waals surface area contributed by atoms with Crippen molar-refractivity contribution >= 4 is 50.6 Å². The molecule has 0 fully saturated rings. The molecule has 3 aromatic carbocycles. The van der Waals surface area contributed by atoms with Gasteiger partial charge in [-0.2, -0.15) is 0 Å². The Morgan fingerprint density at radius 3 is 2.12 bits per heavy atom. The van der Waals surface area contributed by atoms with Crippen molar-refractivity contribution in [3.8, 4) is 0 Å². The van der Waals surface area contributed by atoms with Gasteiger partial charge in [0.1, 0.15) is 5.78 Å². The van der Waals surface area contributed by atoms with Crippen molar-refractivity contribution in [2.45, 2.75) is 32.8 Å². The van der Waals surface area contributed by atoms with Crippen LogP contribution in [0.4, 0.5) is 17.1 Å². The van der Waals surface area contributed by atoms with Crippen molar-refractivity contribution < 1.29 is 14.7 Å². The van der Waals surface area contributed by atoms with Gasteiger partial charge in [-0.3, -0.25) is 4.79 Å². The van der Waals surface area contributed by atoms with Crippen LogP contribution in [0, 0.1) is 0 Å². The first-order valence-electron chi connectivity index (χ1n) is 10.6. The highest BCUT2D eigenvalue weighted by molar-refractivity contribution is 6.08. The molecule has 32 heavy (non-hydrogen) atoms. The second-order valence-corrected chi connectivity index (χ2v) is 7.83. The molecule has 0 aliphatic heterocycles. The van der Waals surface area contributed by atoms with Gasteiger partial charge in [0.25, 0.3) is 0 Å². The summed E-state index contributed by atoms with van der Waals surface area (Å²) in [4.78, 5) is 28.1. The van der Waals surface area contributed by atoms with Crippen molar-refractivity contribution in [1.82, 2.24) is 4.98 Å². The highest BCUT2D eigenvalue weighted by Gasteiger charge is 2.11. The van der Waals surface area contributed by atoms with E-state index in [0.29, 0.717) is 24.1 Å². The number of hydrogen-bond acceptors (Lipinski definition) is 5. The first kappa shape index (κ1) is 21.5. The maximum absolute atomic E-state index is 12.3. The molecule has 6 nitrogen and oxygen atoms in total. The highest BCUT2D eigenvalue weighted by atomic mass is 16.3. The van der Waals surface area contributed by atoms with Gasteiger partial charge in [-0.1, -0.05) is 36.4 Å². The van der Waals surface area contributed by atoms with Gasteiger partial charge >= 0.3 is 0 Å². The number of amides is 1. The third kappa shape index (κ3) is 4.92. The Labute approximate surface area is 186 Å². The van der Waals surface area contributed by atoms with Gasteiger partial charge < -0.3 is 20.5 Å². The first-order valence-corrected chi connectivity index (χ1v) is 10.6. The number of nitrogens with one attached hydrogen (secondary N) is 2. The fourth-order valence-electron chi connectivity index (χ4n) is 3.77. The number of hydrogen-bond donors (Lipinski definition) is 3. The van der Waals surface area contributed by atoms with Gasteiger partial charge in [-0.05, 0) is 49.2 Å². The predicted octanol–water partition coefficient (Wildman–Crippen LogP) is 5.32. The Hall–Kier alpha value is -3.77. The van der Waals surface area contributed by atoms with Gasteiger partial charge in [0, 0.05) is 35.0 Å². The summed E-state index contributed by atoms with van der Waals surface area (Å²) >= 11 is 0. The Kier molecular flexibility index (Phi) is 6.42. The fourth-order valence-corrected chi connectivity index (χ4v) is 3.77. The van der Waals surface area contributed by atoms with Crippen LogP contribution >= 0.6 is 0 Å². The van der Waals surface area contributed by atoms with Gasteiger partial charge in [-0.25, -0.2) is 4.98 Å². The second-order valence-electron chi connectivity index (χ2n) is 7.83. The standard InChI is InChI=1S/C26H25N3O3/c1-17(31)7-6-12-25(32)27-19-13-18(16-30)14-20(15-19)28-26-21-8-2-4-10-23(21)29-24-11-5-3-9-22(24)26/h2-5,8-11,13-15,30H,6-7,12,16H2,1H3,(H,27,32)(H,28,29). The van der Waals surface area contributed by atoms with E-state index in [1.165, 1.54) is 6.92 Å². The molecule has 1 heterocycles. The van der Waals surface area contributed by atoms with Crippen LogP contribution in [-0.2, 0) is 16.2 Å². The van der Waals surface area contributed by atoms with Crippen LogP contribution in [0.2, 0.25) is 0 Å². The fraction of sp³-hybridized carbons (Fsp3) is 0.192. The van der Waals surface area contributed by atoms with Gasteiger partial charge in [0.2, 0.25) is 5.91 Å². The molecule has 4 aromatic rings. The molecule has 162 valence electrons. The summed E-state index contributed by atoms with van der Waals surface area (Å²) in [5, 5.41) is 18.1. The number of pyridine rings is 1. The van der Waals surface area contributed by atoms with Gasteiger partial charge in [0.05, 0.1) is 23.3 Å². The van der Waals surface area contributed by atoms with E-state index in [1.54, 1.807) is 6.07 Å². The summed E-state index contributed by atoms with van der Waals surface area (Å²) in [6.45, 7) is 1.37. The highest BCUT2D eigenvalue weighted by Crippen LogP contribution is 2.34. The monoisotopic (exact) mass is 427 g/mol. The minimum Gasteiger partial charge on any atom is -0.392 e. The van der Waals surface area contributed by atoms with Crippen LogP contribution < -0.4 is 10.6 Å². The van der Waals surface area contributed by atoms with Crippen molar-refractivity contribution in [3.05, 3.63) is 72.3 Å². The Bertz CT molecular complexity index is 1250. The van der Waals surface area contributed by atoms with Crippen molar-refractivity contribution in [3.63, 3.8) is 0 Å². The molecular weight excluding hydrogens is 402 g/mol. The van der Waals surface area contributed by atoms with Crippen LogP contribution in [-0.4, -0.2) is 21.8 Å². The molecule has 0 unspecified atom stereocenters. The molecule has 6 heteroatoms. The zero-order valence-electron chi connectivity index (χ0n) is 17.9. The first-order chi connectivity index (χ1) is 15.5. The minimum absolute atomic E-state index is 0.0726. The van der Waals surface area contributed by atoms with Gasteiger partial charge in [0.15, 0.2) is 0 Å². The number of ketones is 1. The number of nitrogens with zero attached hydrogens (tertiary/aromatic N) is 1. The topological polar surface area (TPSA) is 91.3 Å². The smallest absolute Gasteiger partial charge is 0.224 e. The van der Waals surface area contributed by atoms with Crippen molar-refractivity contribution in [1.29, 1.82) is 0 Å². The minimum atomic E-state index is -0.160. The lowest BCUT2D eigenvalue weighted by molar-refractivity contribution is -0.117. The summed E-state index contributed by atoms with van der Waals surface area (Å²) in [6.07, 6.45) is 1.17. The van der Waals surface area contributed by atoms with Crippen LogP contribution in [0.1, 0.15) is 31.7 Å². The molecule has 0 radical (unpaired) electrons. The van der Waals surface area contributed by atoms with Crippen LogP contribution in [0.25, 0.3) is 21.8 Å². The third-order valence-electron chi connectivity index (χ3n) is 5.25. The largest absolute Gasteiger partial charge is 0.392 e. The summed E-state index contributed by atoms with van der Waals surface area (Å²) < 4.78 is 0. The van der Waals surface area contributed by atoms with E-state index in [0.717, 1.165) is 33.2 Å². The van der Waals surface area contributed by atoms with E-state index < -0.39 is 0 Å². The summed E-state index contributed by atoms with van der Waals surface area (Å²) in [5.74, 6) is -0.0875. The Balaban J connectivity index is 1.67. The van der Waals surface area contributed by atoms with E-state index in [-0.39, 0.29) is 24.7 Å². The normalized spacial score (nSPS) is 10.9. The zero-order chi connectivity index (χ0) is 22.5. The quantitative estimate of drug-likeness (QED) is 0.331. The van der Waals surface area contributed by atoms with Crippen molar-refractivity contribution in [2.24, 2.45) is 0 Å². The van der Waals surface area contributed by atoms with E-state index in [2.05, 4.69) is 10.6 Å². The number of aromatic nitrogens is 1. The van der Waals surface area contributed by atoms with Gasteiger partial charge in [-0.15, -0.1) is 0 Å².